The number of nitrogens with zero attached hydrogens (tertiary/aromatic N) is 1. The van der Waals surface area contributed by atoms with Gasteiger partial charge in [-0.15, -0.1) is 0 Å². The highest BCUT2D eigenvalue weighted by Gasteiger charge is 2.20. The van der Waals surface area contributed by atoms with Gasteiger partial charge in [-0.3, -0.25) is 0 Å². The zero-order valence-electron chi connectivity index (χ0n) is 11.3. The van der Waals surface area contributed by atoms with E-state index in [1.807, 2.05) is 0 Å². The summed E-state index contributed by atoms with van der Waals surface area (Å²) in [5, 5.41) is 11.7. The van der Waals surface area contributed by atoms with Crippen molar-refractivity contribution in [3.8, 4) is 0 Å². The zero-order chi connectivity index (χ0) is 14.5. The van der Waals surface area contributed by atoms with Gasteiger partial charge in [-0.05, 0) is 33.3 Å². The van der Waals surface area contributed by atoms with E-state index in [0.717, 1.165) is 0 Å². The Hall–Kier alpha value is -1.69. The van der Waals surface area contributed by atoms with Crippen molar-refractivity contribution in [2.45, 2.75) is 38.8 Å². The van der Waals surface area contributed by atoms with Gasteiger partial charge in [0.05, 0.1) is 12.6 Å². The molecule has 6 heteroatoms. The van der Waals surface area contributed by atoms with E-state index in [9.17, 15) is 14.3 Å². The second-order valence-electron chi connectivity index (χ2n) is 5.18. The SMILES string of the molecule is CC(C)(C)OC(=O)NC(CO)Cc1cccnc1F. The molecule has 0 saturated heterocycles. The number of aliphatic hydroxyl groups is 1. The van der Waals surface area contributed by atoms with Crippen molar-refractivity contribution in [2.75, 3.05) is 6.61 Å². The molecule has 1 aromatic rings. The molecule has 0 fully saturated rings. The van der Waals surface area contributed by atoms with Gasteiger partial charge >= 0.3 is 6.09 Å². The maximum Gasteiger partial charge on any atom is 0.407 e. The largest absolute Gasteiger partial charge is 0.444 e. The molecule has 1 atom stereocenters. The number of hydrogen-bond acceptors (Lipinski definition) is 4. The summed E-state index contributed by atoms with van der Waals surface area (Å²) in [6.45, 7) is 4.90. The smallest absolute Gasteiger partial charge is 0.407 e. The Labute approximate surface area is 111 Å². The number of aliphatic hydroxyl groups excluding tert-OH is 1. The van der Waals surface area contributed by atoms with Crippen LogP contribution in [0.15, 0.2) is 18.3 Å². The topological polar surface area (TPSA) is 71.5 Å². The molecule has 0 spiro atoms. The van der Waals surface area contributed by atoms with Crippen LogP contribution in [0.25, 0.3) is 0 Å². The summed E-state index contributed by atoms with van der Waals surface area (Å²) in [4.78, 5) is 15.1. The Morgan fingerprint density at radius 3 is 2.79 bits per heavy atom. The summed E-state index contributed by atoms with van der Waals surface area (Å²) in [6.07, 6.45) is 0.847. The van der Waals surface area contributed by atoms with E-state index in [1.54, 1.807) is 32.9 Å². The number of rotatable bonds is 4. The molecule has 0 saturated carbocycles. The first-order chi connectivity index (χ1) is 8.81. The summed E-state index contributed by atoms with van der Waals surface area (Å²) >= 11 is 0. The van der Waals surface area contributed by atoms with E-state index < -0.39 is 23.7 Å². The fourth-order valence-electron chi connectivity index (χ4n) is 1.47. The number of alkyl carbamates (subject to hydrolysis) is 1. The van der Waals surface area contributed by atoms with Crippen molar-refractivity contribution in [3.63, 3.8) is 0 Å². The Morgan fingerprint density at radius 1 is 1.58 bits per heavy atom. The monoisotopic (exact) mass is 270 g/mol. The quantitative estimate of drug-likeness (QED) is 0.816. The first kappa shape index (κ1) is 15.4. The van der Waals surface area contributed by atoms with Crippen molar-refractivity contribution >= 4 is 6.09 Å². The molecule has 0 aliphatic rings. The van der Waals surface area contributed by atoms with Gasteiger partial charge in [0.1, 0.15) is 5.60 Å². The Morgan fingerprint density at radius 2 is 2.26 bits per heavy atom. The predicted octanol–water partition coefficient (Wildman–Crippen LogP) is 1.65. The first-order valence-corrected chi connectivity index (χ1v) is 6.01. The Balaban J connectivity index is 2.60. The van der Waals surface area contributed by atoms with Gasteiger partial charge in [0.2, 0.25) is 5.95 Å². The van der Waals surface area contributed by atoms with Gasteiger partial charge in [0.15, 0.2) is 0 Å². The average Bonchev–Trinajstić information content (AvgIpc) is 2.28. The first-order valence-electron chi connectivity index (χ1n) is 6.01. The summed E-state index contributed by atoms with van der Waals surface area (Å²) in [6, 6.07) is 2.54. The maximum atomic E-state index is 13.4. The van der Waals surface area contributed by atoms with Gasteiger partial charge in [-0.1, -0.05) is 6.07 Å². The molecular weight excluding hydrogens is 251 g/mol. The second kappa shape index (κ2) is 6.47. The third-order valence-electron chi connectivity index (χ3n) is 2.24. The third-order valence-corrected chi connectivity index (χ3v) is 2.24. The van der Waals surface area contributed by atoms with Crippen LogP contribution >= 0.6 is 0 Å². The molecule has 0 aliphatic carbocycles. The Bertz CT molecular complexity index is 432. The molecule has 1 unspecified atom stereocenters. The standard InChI is InChI=1S/C13H19FN2O3/c1-13(2,3)19-12(18)16-10(8-17)7-9-5-4-6-15-11(9)14/h4-6,10,17H,7-8H2,1-3H3,(H,16,18). The van der Waals surface area contributed by atoms with Crippen molar-refractivity contribution in [2.24, 2.45) is 0 Å². The number of ether oxygens (including phenoxy) is 1. The number of pyridine rings is 1. The molecule has 1 heterocycles. The lowest BCUT2D eigenvalue weighted by Gasteiger charge is -2.22. The number of nitrogens with one attached hydrogen (secondary N) is 1. The lowest BCUT2D eigenvalue weighted by Crippen LogP contribution is -2.42. The molecule has 5 nitrogen and oxygen atoms in total. The lowest BCUT2D eigenvalue weighted by molar-refractivity contribution is 0.0482. The van der Waals surface area contributed by atoms with Crippen LogP contribution in [0, 0.1) is 5.95 Å². The molecular formula is C13H19FN2O3. The van der Waals surface area contributed by atoms with Gasteiger partial charge in [0, 0.05) is 11.8 Å². The van der Waals surface area contributed by atoms with Crippen LogP contribution < -0.4 is 5.32 Å². The van der Waals surface area contributed by atoms with E-state index in [4.69, 9.17) is 4.74 Å². The third kappa shape index (κ3) is 5.65. The van der Waals surface area contributed by atoms with Gasteiger partial charge in [-0.25, -0.2) is 9.78 Å². The summed E-state index contributed by atoms with van der Waals surface area (Å²) in [5.74, 6) is -0.605. The molecule has 1 aromatic heterocycles. The van der Waals surface area contributed by atoms with Crippen LogP contribution in [0.5, 0.6) is 0 Å². The molecule has 1 rings (SSSR count). The highest BCUT2D eigenvalue weighted by molar-refractivity contribution is 5.68. The highest BCUT2D eigenvalue weighted by atomic mass is 19.1. The molecule has 0 bridgehead atoms. The van der Waals surface area contributed by atoms with Crippen molar-refractivity contribution in [1.82, 2.24) is 10.3 Å². The molecule has 19 heavy (non-hydrogen) atoms. The molecule has 0 aromatic carbocycles. The van der Waals surface area contributed by atoms with Crippen LogP contribution in [0.3, 0.4) is 0 Å². The number of amides is 1. The fourth-order valence-corrected chi connectivity index (χ4v) is 1.47. The zero-order valence-corrected chi connectivity index (χ0v) is 11.3. The minimum atomic E-state index is -0.643. The Kier molecular flexibility index (Phi) is 5.23. The minimum absolute atomic E-state index is 0.148. The number of halogens is 1. The van der Waals surface area contributed by atoms with Gasteiger partial charge in [0.25, 0.3) is 0 Å². The average molecular weight is 270 g/mol. The maximum absolute atomic E-state index is 13.4. The van der Waals surface area contributed by atoms with E-state index in [-0.39, 0.29) is 13.0 Å². The fraction of sp³-hybridized carbons (Fsp3) is 0.538. The lowest BCUT2D eigenvalue weighted by atomic mass is 10.1. The summed E-state index contributed by atoms with van der Waals surface area (Å²) in [5.41, 5.74) is -0.290. The van der Waals surface area contributed by atoms with Crippen LogP contribution in [0.2, 0.25) is 0 Å². The van der Waals surface area contributed by atoms with Crippen molar-refractivity contribution in [3.05, 3.63) is 29.8 Å². The summed E-state index contributed by atoms with van der Waals surface area (Å²) in [7, 11) is 0. The predicted molar refractivity (Wildman–Crippen MR) is 68.1 cm³/mol. The molecule has 106 valence electrons. The van der Waals surface area contributed by atoms with Gasteiger partial charge < -0.3 is 15.2 Å². The number of carbonyl (C=O) groups excluding carboxylic acids is 1. The van der Waals surface area contributed by atoms with Crippen molar-refractivity contribution < 1.29 is 19.0 Å². The van der Waals surface area contributed by atoms with E-state index in [0.29, 0.717) is 5.56 Å². The van der Waals surface area contributed by atoms with Crippen LogP contribution in [-0.4, -0.2) is 34.4 Å². The van der Waals surface area contributed by atoms with Gasteiger partial charge in [-0.2, -0.15) is 4.39 Å². The molecule has 1 amide bonds. The molecule has 0 radical (unpaired) electrons. The van der Waals surface area contributed by atoms with Crippen LogP contribution in [-0.2, 0) is 11.2 Å². The normalized spacial score (nSPS) is 12.9. The van der Waals surface area contributed by atoms with E-state index >= 15 is 0 Å². The van der Waals surface area contributed by atoms with Crippen LogP contribution in [0.4, 0.5) is 9.18 Å². The molecule has 0 aliphatic heterocycles. The van der Waals surface area contributed by atoms with Crippen LogP contribution in [0.1, 0.15) is 26.3 Å². The molecule has 2 N–H and O–H groups in total. The van der Waals surface area contributed by atoms with E-state index in [1.165, 1.54) is 6.20 Å². The highest BCUT2D eigenvalue weighted by Crippen LogP contribution is 2.09. The number of aromatic nitrogens is 1. The number of carbonyl (C=O) groups is 1. The van der Waals surface area contributed by atoms with Crippen molar-refractivity contribution in [1.29, 1.82) is 0 Å². The summed E-state index contributed by atoms with van der Waals surface area (Å²) < 4.78 is 18.4. The minimum Gasteiger partial charge on any atom is -0.444 e. The second-order valence-corrected chi connectivity index (χ2v) is 5.18. The number of hydrogen-bond donors (Lipinski definition) is 2. The van der Waals surface area contributed by atoms with E-state index in [2.05, 4.69) is 10.3 Å².